The van der Waals surface area contributed by atoms with Crippen molar-refractivity contribution in [2.75, 3.05) is 5.32 Å². The molecule has 44 heavy (non-hydrogen) atoms. The van der Waals surface area contributed by atoms with Gasteiger partial charge in [-0.15, -0.1) is 0 Å². The van der Waals surface area contributed by atoms with E-state index in [0.29, 0.717) is 39.3 Å². The maximum Gasteiger partial charge on any atom is 1.00 e. The number of hydrogen-bond donors (Lipinski definition) is 4. The normalized spacial score (nSPS) is 12.4. The smallest absolute Gasteiger partial charge is 1.00 e. The molecule has 4 N–H and O–H groups in total. The maximum absolute atomic E-state index is 14.1. The summed E-state index contributed by atoms with van der Waals surface area (Å²) in [7, 11) is 0. The third-order valence-corrected chi connectivity index (χ3v) is 6.82. The number of aliphatic hydroxyl groups excluding tert-OH is 2. The van der Waals surface area contributed by atoms with Crippen LogP contribution in [-0.4, -0.2) is 44.0 Å². The van der Waals surface area contributed by atoms with Crippen LogP contribution in [-0.2, 0) is 4.79 Å². The molecular formula is C34H33FN3NaO5. The van der Waals surface area contributed by atoms with Gasteiger partial charge in [-0.05, 0) is 61.4 Å². The van der Waals surface area contributed by atoms with E-state index >= 15 is 0 Å². The van der Waals surface area contributed by atoms with Gasteiger partial charge in [0.2, 0.25) is 0 Å². The molecule has 0 bridgehead atoms. The zero-order valence-electron chi connectivity index (χ0n) is 25.7. The number of carboxylic acid groups (broad SMARTS) is 1. The Bertz CT molecular complexity index is 1680. The topological polar surface area (TPSA) is 136 Å². The van der Waals surface area contributed by atoms with E-state index in [1.165, 1.54) is 18.2 Å². The van der Waals surface area contributed by atoms with Crippen LogP contribution in [0.3, 0.4) is 0 Å². The van der Waals surface area contributed by atoms with E-state index in [1.54, 1.807) is 42.5 Å². The second-order valence-corrected chi connectivity index (χ2v) is 10.4. The molecule has 0 aliphatic carbocycles. The summed E-state index contributed by atoms with van der Waals surface area (Å²) in [5.74, 6) is -2.05. The Labute approximate surface area is 278 Å². The van der Waals surface area contributed by atoms with E-state index in [1.807, 2.05) is 48.7 Å². The van der Waals surface area contributed by atoms with Crippen molar-refractivity contribution in [3.05, 3.63) is 108 Å². The fourth-order valence-corrected chi connectivity index (χ4v) is 5.03. The zero-order chi connectivity index (χ0) is 31.1. The number of nitrogens with one attached hydrogen (secondary N) is 1. The zero-order valence-corrected chi connectivity index (χ0v) is 26.7. The first-order valence-electron chi connectivity index (χ1n) is 13.8. The van der Waals surface area contributed by atoms with Crippen molar-refractivity contribution < 1.29 is 60.3 Å². The van der Waals surface area contributed by atoms with Crippen LogP contribution in [0.15, 0.2) is 84.9 Å². The fourth-order valence-electron chi connectivity index (χ4n) is 5.03. The van der Waals surface area contributed by atoms with Crippen LogP contribution in [0, 0.1) is 17.1 Å². The van der Waals surface area contributed by atoms with Crippen molar-refractivity contribution in [1.82, 2.24) is 4.57 Å². The molecule has 0 unspecified atom stereocenters. The summed E-state index contributed by atoms with van der Waals surface area (Å²) in [6.07, 6.45) is -0.0716. The number of carboxylic acids is 1. The van der Waals surface area contributed by atoms with Crippen molar-refractivity contribution in [3.63, 3.8) is 0 Å². The summed E-state index contributed by atoms with van der Waals surface area (Å²) >= 11 is 0. The van der Waals surface area contributed by atoms with Crippen molar-refractivity contribution in [2.45, 2.75) is 44.9 Å². The van der Waals surface area contributed by atoms with Gasteiger partial charge in [0, 0.05) is 35.0 Å². The summed E-state index contributed by atoms with van der Waals surface area (Å²) in [5, 5.41) is 41.9. The van der Waals surface area contributed by atoms with Crippen LogP contribution in [0.4, 0.5) is 10.1 Å². The Kier molecular flexibility index (Phi) is 12.2. The van der Waals surface area contributed by atoms with E-state index in [9.17, 15) is 29.5 Å². The minimum Gasteiger partial charge on any atom is -1.00 e. The Balaban J connectivity index is 0.00000353. The van der Waals surface area contributed by atoms with Crippen LogP contribution in [0.25, 0.3) is 28.3 Å². The van der Waals surface area contributed by atoms with E-state index in [2.05, 4.69) is 11.4 Å². The van der Waals surface area contributed by atoms with Gasteiger partial charge in [0.25, 0.3) is 5.91 Å². The molecule has 1 heterocycles. The molecule has 0 aliphatic heterocycles. The number of carbonyl (C=O) groups is 2. The number of nitrogens with zero attached hydrogens (tertiary/aromatic N) is 2. The summed E-state index contributed by atoms with van der Waals surface area (Å²) < 4.78 is 15.9. The monoisotopic (exact) mass is 605 g/mol. The first-order chi connectivity index (χ1) is 20.6. The standard InChI is InChI=1S/C34H32FN3O5.Na.H/c1-21(2)38-29(16-15-27(39)18-28(40)19-30(41)42)31(24-11-13-25(35)14-12-24)32(23-8-4-3-5-9-23)33(38)34(43)37-26-10-6-7-22(17-26)20-36;;/h3-17,21,27-28,39-40H,18-19H2,1-2H3,(H,37,43)(H,41,42);;/q;+1;-1/t27-,28-;;/m1../s1. The summed E-state index contributed by atoms with van der Waals surface area (Å²) in [4.78, 5) is 25.1. The number of nitriles is 1. The molecule has 10 heteroatoms. The van der Waals surface area contributed by atoms with Gasteiger partial charge < -0.3 is 26.6 Å². The molecule has 0 spiro atoms. The van der Waals surface area contributed by atoms with Gasteiger partial charge in [-0.1, -0.05) is 54.6 Å². The molecule has 0 saturated heterocycles. The largest absolute Gasteiger partial charge is 1.00 e. The molecule has 0 saturated carbocycles. The van der Waals surface area contributed by atoms with Crippen molar-refractivity contribution in [3.8, 4) is 28.3 Å². The number of anilines is 1. The van der Waals surface area contributed by atoms with Crippen LogP contribution >= 0.6 is 0 Å². The number of hydrogen-bond acceptors (Lipinski definition) is 5. The minimum absolute atomic E-state index is 0. The fraction of sp³-hybridized carbons (Fsp3) is 0.206. The van der Waals surface area contributed by atoms with E-state index < -0.39 is 36.3 Å². The van der Waals surface area contributed by atoms with Gasteiger partial charge in [0.15, 0.2) is 0 Å². The number of aromatic nitrogens is 1. The molecular weight excluding hydrogens is 572 g/mol. The van der Waals surface area contributed by atoms with Crippen molar-refractivity contribution >= 4 is 23.6 Å². The van der Waals surface area contributed by atoms with E-state index in [0.717, 1.165) is 5.56 Å². The molecule has 0 fully saturated rings. The quantitative estimate of drug-likeness (QED) is 0.194. The molecule has 0 radical (unpaired) electrons. The maximum atomic E-state index is 14.1. The Morgan fingerprint density at radius 1 is 1.00 bits per heavy atom. The molecule has 222 valence electrons. The molecule has 4 rings (SSSR count). The van der Waals surface area contributed by atoms with E-state index in [4.69, 9.17) is 5.11 Å². The number of carbonyl (C=O) groups excluding carboxylic acids is 1. The molecule has 2 atom stereocenters. The van der Waals surface area contributed by atoms with Gasteiger partial charge in [0.05, 0.1) is 30.3 Å². The first kappa shape index (κ1) is 34.5. The summed E-state index contributed by atoms with van der Waals surface area (Å²) in [5.41, 5.74) is 4.22. The Morgan fingerprint density at radius 3 is 2.27 bits per heavy atom. The van der Waals surface area contributed by atoms with Crippen LogP contribution < -0.4 is 34.9 Å². The summed E-state index contributed by atoms with van der Waals surface area (Å²) in [6.45, 7) is 3.81. The molecule has 8 nitrogen and oxygen atoms in total. The van der Waals surface area contributed by atoms with Crippen LogP contribution in [0.2, 0.25) is 0 Å². The number of aliphatic carboxylic acids is 1. The number of benzene rings is 3. The molecule has 4 aromatic rings. The second kappa shape index (κ2) is 15.6. The van der Waals surface area contributed by atoms with Gasteiger partial charge in [0.1, 0.15) is 11.5 Å². The Morgan fingerprint density at radius 2 is 1.66 bits per heavy atom. The van der Waals surface area contributed by atoms with Crippen molar-refractivity contribution in [2.24, 2.45) is 0 Å². The number of amides is 1. The Hall–Kier alpha value is -4.04. The predicted molar refractivity (Wildman–Crippen MR) is 164 cm³/mol. The average molecular weight is 606 g/mol. The second-order valence-electron chi connectivity index (χ2n) is 10.4. The number of halogens is 1. The van der Waals surface area contributed by atoms with Gasteiger partial charge in [-0.3, -0.25) is 9.59 Å². The number of aliphatic hydroxyl groups is 2. The summed E-state index contributed by atoms with van der Waals surface area (Å²) in [6, 6.07) is 23.5. The molecule has 3 aromatic carbocycles. The third-order valence-electron chi connectivity index (χ3n) is 6.82. The SMILES string of the molecule is CC(C)n1c(C=C[C@@H](O)C[C@@H](O)CC(=O)O)c(-c2ccc(F)cc2)c(-c2ccccc2)c1C(=O)Nc1cccc(C#N)c1.[H-].[Na+]. The number of rotatable bonds is 11. The third kappa shape index (κ3) is 8.32. The van der Waals surface area contributed by atoms with E-state index in [-0.39, 0.29) is 43.4 Å². The molecule has 1 amide bonds. The van der Waals surface area contributed by atoms with Crippen molar-refractivity contribution in [1.29, 1.82) is 5.26 Å². The molecule has 1 aromatic heterocycles. The minimum atomic E-state index is -1.25. The predicted octanol–water partition coefficient (Wildman–Crippen LogP) is 3.38. The average Bonchev–Trinajstić information content (AvgIpc) is 3.32. The van der Waals surface area contributed by atoms with Crippen LogP contribution in [0.5, 0.6) is 0 Å². The van der Waals surface area contributed by atoms with Gasteiger partial charge in [-0.2, -0.15) is 5.26 Å². The first-order valence-corrected chi connectivity index (χ1v) is 13.8. The molecule has 0 aliphatic rings. The van der Waals surface area contributed by atoms with Gasteiger partial charge in [-0.25, -0.2) is 4.39 Å². The van der Waals surface area contributed by atoms with Gasteiger partial charge >= 0.3 is 35.5 Å². The van der Waals surface area contributed by atoms with Crippen LogP contribution in [0.1, 0.15) is 55.9 Å².